The molecular weight excluding hydrogens is 256 g/mol. The average molecular weight is 276 g/mol. The molecule has 0 aromatic heterocycles. The van der Waals surface area contributed by atoms with Crippen LogP contribution in [0.5, 0.6) is 0 Å². The van der Waals surface area contributed by atoms with Crippen LogP contribution in [-0.2, 0) is 0 Å². The molecule has 1 aliphatic carbocycles. The zero-order valence-corrected chi connectivity index (χ0v) is 11.9. The lowest BCUT2D eigenvalue weighted by Crippen LogP contribution is -2.47. The molecule has 2 aromatic carbocycles. The van der Waals surface area contributed by atoms with Gasteiger partial charge in [0.15, 0.2) is 0 Å². The Kier molecular flexibility index (Phi) is 3.74. The van der Waals surface area contributed by atoms with Gasteiger partial charge in [0.1, 0.15) is 0 Å². The second kappa shape index (κ2) is 5.68. The monoisotopic (exact) mass is 276 g/mol. The van der Waals surface area contributed by atoms with Gasteiger partial charge in [0.2, 0.25) is 0 Å². The molecular formula is C19H20N2. The Labute approximate surface area is 125 Å². The standard InChI is InChI=1S/C19H20N2/c20-19(21)13-11-17(12-14-19)18(15-7-3-1-4-8-15)16-9-5-2-6-10-16/h1-13,18H,14,20-21H2. The fourth-order valence-corrected chi connectivity index (χ4v) is 2.76. The van der Waals surface area contributed by atoms with E-state index in [0.717, 1.165) is 0 Å². The number of nitrogens with two attached hydrogens (primary N) is 2. The quantitative estimate of drug-likeness (QED) is 0.845. The van der Waals surface area contributed by atoms with Gasteiger partial charge in [0.05, 0.1) is 5.66 Å². The third-order valence-corrected chi connectivity index (χ3v) is 3.88. The second-order valence-corrected chi connectivity index (χ2v) is 5.61. The summed E-state index contributed by atoms with van der Waals surface area (Å²) in [7, 11) is 0. The van der Waals surface area contributed by atoms with E-state index in [9.17, 15) is 0 Å². The van der Waals surface area contributed by atoms with E-state index >= 15 is 0 Å². The van der Waals surface area contributed by atoms with E-state index in [-0.39, 0.29) is 5.92 Å². The lowest BCUT2D eigenvalue weighted by atomic mass is 9.81. The molecule has 0 fully saturated rings. The van der Waals surface area contributed by atoms with Gasteiger partial charge in [-0.1, -0.05) is 72.8 Å². The Hall–Kier alpha value is -2.16. The minimum absolute atomic E-state index is 0.222. The molecule has 0 aliphatic heterocycles. The third kappa shape index (κ3) is 3.13. The highest BCUT2D eigenvalue weighted by Crippen LogP contribution is 2.34. The average Bonchev–Trinajstić information content (AvgIpc) is 2.51. The van der Waals surface area contributed by atoms with Crippen molar-refractivity contribution in [3.05, 3.63) is 95.6 Å². The van der Waals surface area contributed by atoms with Crippen molar-refractivity contribution >= 4 is 0 Å². The van der Waals surface area contributed by atoms with Crippen molar-refractivity contribution in [2.75, 3.05) is 0 Å². The zero-order valence-electron chi connectivity index (χ0n) is 11.9. The summed E-state index contributed by atoms with van der Waals surface area (Å²) < 4.78 is 0. The molecule has 0 bridgehead atoms. The van der Waals surface area contributed by atoms with E-state index in [1.54, 1.807) is 0 Å². The minimum Gasteiger partial charge on any atom is -0.310 e. The molecule has 3 rings (SSSR count). The number of hydrogen-bond donors (Lipinski definition) is 2. The van der Waals surface area contributed by atoms with Crippen molar-refractivity contribution in [2.45, 2.75) is 18.0 Å². The van der Waals surface area contributed by atoms with Crippen molar-refractivity contribution in [1.82, 2.24) is 0 Å². The summed E-state index contributed by atoms with van der Waals surface area (Å²) >= 11 is 0. The Morgan fingerprint density at radius 3 is 1.76 bits per heavy atom. The van der Waals surface area contributed by atoms with E-state index in [1.807, 2.05) is 18.2 Å². The summed E-state index contributed by atoms with van der Waals surface area (Å²) in [6.45, 7) is 0. The topological polar surface area (TPSA) is 52.0 Å². The Bertz CT molecular complexity index is 615. The van der Waals surface area contributed by atoms with Crippen LogP contribution in [0.3, 0.4) is 0 Å². The molecule has 2 aromatic rings. The number of hydrogen-bond acceptors (Lipinski definition) is 2. The van der Waals surface area contributed by atoms with Crippen molar-refractivity contribution in [3.8, 4) is 0 Å². The maximum atomic E-state index is 5.96. The fourth-order valence-electron chi connectivity index (χ4n) is 2.76. The first-order chi connectivity index (χ1) is 10.2. The highest BCUT2D eigenvalue weighted by Gasteiger charge is 2.23. The van der Waals surface area contributed by atoms with E-state index in [0.29, 0.717) is 6.42 Å². The van der Waals surface area contributed by atoms with E-state index in [2.05, 4.69) is 60.7 Å². The molecule has 4 N–H and O–H groups in total. The van der Waals surface area contributed by atoms with Gasteiger partial charge in [-0.2, -0.15) is 0 Å². The van der Waals surface area contributed by atoms with Gasteiger partial charge < -0.3 is 11.5 Å². The molecule has 0 spiro atoms. The van der Waals surface area contributed by atoms with Crippen LogP contribution in [0.25, 0.3) is 0 Å². The maximum absolute atomic E-state index is 5.96. The summed E-state index contributed by atoms with van der Waals surface area (Å²) in [6, 6.07) is 21.1. The lowest BCUT2D eigenvalue weighted by molar-refractivity contribution is 0.552. The summed E-state index contributed by atoms with van der Waals surface area (Å²) in [4.78, 5) is 0. The Balaban J connectivity index is 2.03. The molecule has 0 atom stereocenters. The first kappa shape index (κ1) is 13.8. The predicted octanol–water partition coefficient (Wildman–Crippen LogP) is 3.32. The smallest absolute Gasteiger partial charge is 0.0867 e. The molecule has 2 nitrogen and oxygen atoms in total. The maximum Gasteiger partial charge on any atom is 0.0867 e. The molecule has 0 heterocycles. The molecule has 0 saturated heterocycles. The van der Waals surface area contributed by atoms with Crippen molar-refractivity contribution in [3.63, 3.8) is 0 Å². The van der Waals surface area contributed by atoms with Crippen LogP contribution in [0, 0.1) is 0 Å². The molecule has 0 unspecified atom stereocenters. The van der Waals surface area contributed by atoms with Crippen LogP contribution in [0.1, 0.15) is 23.5 Å². The van der Waals surface area contributed by atoms with Crippen LogP contribution in [-0.4, -0.2) is 5.66 Å². The molecule has 0 saturated carbocycles. The predicted molar refractivity (Wildman–Crippen MR) is 87.7 cm³/mol. The van der Waals surface area contributed by atoms with Crippen molar-refractivity contribution < 1.29 is 0 Å². The van der Waals surface area contributed by atoms with Gasteiger partial charge in [0.25, 0.3) is 0 Å². The summed E-state index contributed by atoms with van der Waals surface area (Å²) in [5.41, 5.74) is 15.0. The molecule has 21 heavy (non-hydrogen) atoms. The van der Waals surface area contributed by atoms with Crippen molar-refractivity contribution in [2.24, 2.45) is 11.5 Å². The fraction of sp³-hybridized carbons (Fsp3) is 0.158. The zero-order chi connectivity index (χ0) is 14.7. The van der Waals surface area contributed by atoms with Gasteiger partial charge in [-0.15, -0.1) is 0 Å². The molecule has 0 amide bonds. The highest BCUT2D eigenvalue weighted by atomic mass is 14.9. The van der Waals surface area contributed by atoms with Gasteiger partial charge in [-0.3, -0.25) is 0 Å². The first-order valence-corrected chi connectivity index (χ1v) is 7.23. The minimum atomic E-state index is -0.721. The first-order valence-electron chi connectivity index (χ1n) is 7.23. The van der Waals surface area contributed by atoms with Crippen LogP contribution in [0.15, 0.2) is 84.5 Å². The molecule has 106 valence electrons. The van der Waals surface area contributed by atoms with Crippen molar-refractivity contribution in [1.29, 1.82) is 0 Å². The molecule has 0 radical (unpaired) electrons. The van der Waals surface area contributed by atoms with E-state index in [4.69, 9.17) is 11.5 Å². The number of benzene rings is 2. The summed E-state index contributed by atoms with van der Waals surface area (Å²) in [5, 5.41) is 0. The Morgan fingerprint density at radius 2 is 1.33 bits per heavy atom. The summed E-state index contributed by atoms with van der Waals surface area (Å²) in [5.74, 6) is 0.222. The number of rotatable bonds is 3. The van der Waals surface area contributed by atoms with Gasteiger partial charge in [-0.25, -0.2) is 0 Å². The van der Waals surface area contributed by atoms with Crippen LogP contribution in [0.4, 0.5) is 0 Å². The summed E-state index contributed by atoms with van der Waals surface area (Å²) in [6.07, 6.45) is 6.79. The van der Waals surface area contributed by atoms with E-state index in [1.165, 1.54) is 16.7 Å². The van der Waals surface area contributed by atoms with Gasteiger partial charge in [0, 0.05) is 12.3 Å². The third-order valence-electron chi connectivity index (χ3n) is 3.88. The molecule has 2 heteroatoms. The van der Waals surface area contributed by atoms with Crippen LogP contribution < -0.4 is 11.5 Å². The largest absolute Gasteiger partial charge is 0.310 e. The lowest BCUT2D eigenvalue weighted by Gasteiger charge is -2.27. The number of allylic oxidation sites excluding steroid dienone is 2. The normalized spacial score (nSPS) is 16.8. The van der Waals surface area contributed by atoms with E-state index < -0.39 is 5.66 Å². The Morgan fingerprint density at radius 1 is 0.810 bits per heavy atom. The van der Waals surface area contributed by atoms with Gasteiger partial charge in [-0.05, 0) is 22.8 Å². The highest BCUT2D eigenvalue weighted by molar-refractivity contribution is 5.46. The molecule has 1 aliphatic rings. The van der Waals surface area contributed by atoms with Gasteiger partial charge >= 0.3 is 0 Å². The second-order valence-electron chi connectivity index (χ2n) is 5.61. The van der Waals surface area contributed by atoms with Crippen LogP contribution >= 0.6 is 0 Å². The van der Waals surface area contributed by atoms with Crippen LogP contribution in [0.2, 0.25) is 0 Å². The SMILES string of the molecule is NC1(N)C=CC(C(c2ccccc2)c2ccccc2)=CC1.